The van der Waals surface area contributed by atoms with Crippen LogP contribution in [0.5, 0.6) is 0 Å². The molecule has 0 rings (SSSR count). The van der Waals surface area contributed by atoms with Crippen LogP contribution in [0.2, 0.25) is 0 Å². The van der Waals surface area contributed by atoms with E-state index >= 15 is 0 Å². The SMILES string of the molecule is CCCCCCCCCCCCCCCCCCCCCCCCCCCCCCCCCCC(=O)OCCCCCCCCCCCCCCCCCCCCCCCCCCCCCC. The van der Waals surface area contributed by atoms with Gasteiger partial charge in [0.15, 0.2) is 0 Å². The van der Waals surface area contributed by atoms with E-state index in [-0.39, 0.29) is 5.97 Å². The lowest BCUT2D eigenvalue weighted by Crippen LogP contribution is -2.05. The van der Waals surface area contributed by atoms with Crippen LogP contribution in [0.15, 0.2) is 0 Å². The number of rotatable bonds is 62. The number of ether oxygens (including phenoxy) is 1. The molecule has 402 valence electrons. The van der Waals surface area contributed by atoms with Crippen molar-refractivity contribution < 1.29 is 9.53 Å². The zero-order chi connectivity index (χ0) is 48.1. The Balaban J connectivity index is 3.14. The molecule has 0 N–H and O–H groups in total. The number of unbranched alkanes of at least 4 members (excludes halogenated alkanes) is 58. The molecule has 0 aliphatic heterocycles. The van der Waals surface area contributed by atoms with Crippen molar-refractivity contribution in [3.05, 3.63) is 0 Å². The van der Waals surface area contributed by atoms with E-state index in [1.165, 1.54) is 372 Å². The third-order valence-corrected chi connectivity index (χ3v) is 15.5. The molecule has 2 nitrogen and oxygen atoms in total. The van der Waals surface area contributed by atoms with Crippen molar-refractivity contribution in [1.29, 1.82) is 0 Å². The van der Waals surface area contributed by atoms with Crippen LogP contribution in [0.4, 0.5) is 0 Å². The molecule has 0 heterocycles. The summed E-state index contributed by atoms with van der Waals surface area (Å²) >= 11 is 0. The minimum Gasteiger partial charge on any atom is -0.466 e. The van der Waals surface area contributed by atoms with Crippen molar-refractivity contribution >= 4 is 5.97 Å². The van der Waals surface area contributed by atoms with Gasteiger partial charge in [-0.05, 0) is 12.8 Å². The number of hydrogen-bond donors (Lipinski definition) is 0. The van der Waals surface area contributed by atoms with E-state index < -0.39 is 0 Å². The standard InChI is InChI=1S/C65H130O2/c1-3-5-7-9-11-13-15-17-19-21-23-25-27-29-31-33-34-35-36-37-39-41-43-45-47-49-51-53-55-57-59-61-63-65(66)67-64-62-60-58-56-54-52-50-48-46-44-42-40-38-32-30-28-26-24-22-20-18-16-14-12-10-8-6-4-2/h3-64H2,1-2H3. The first-order chi connectivity index (χ1) is 33.3. The van der Waals surface area contributed by atoms with Gasteiger partial charge in [0, 0.05) is 6.42 Å². The number of carbonyl (C=O) groups is 1. The van der Waals surface area contributed by atoms with E-state index in [0.29, 0.717) is 13.0 Å². The van der Waals surface area contributed by atoms with Crippen LogP contribution in [0.25, 0.3) is 0 Å². The lowest BCUT2D eigenvalue weighted by molar-refractivity contribution is -0.143. The second kappa shape index (κ2) is 63.5. The van der Waals surface area contributed by atoms with Crippen molar-refractivity contribution in [2.24, 2.45) is 0 Å². The average molecular weight is 944 g/mol. The Kier molecular flexibility index (Phi) is 63.0. The van der Waals surface area contributed by atoms with Crippen molar-refractivity contribution in [1.82, 2.24) is 0 Å². The van der Waals surface area contributed by atoms with E-state index in [0.717, 1.165) is 12.8 Å². The molecule has 0 aromatic heterocycles. The highest BCUT2D eigenvalue weighted by Gasteiger charge is 2.04. The van der Waals surface area contributed by atoms with Gasteiger partial charge in [0.1, 0.15) is 0 Å². The fourth-order valence-corrected chi connectivity index (χ4v) is 10.7. The second-order valence-electron chi connectivity index (χ2n) is 22.5. The molecule has 67 heavy (non-hydrogen) atoms. The Morgan fingerprint density at radius 3 is 0.493 bits per heavy atom. The van der Waals surface area contributed by atoms with Crippen LogP contribution in [-0.2, 0) is 9.53 Å². The van der Waals surface area contributed by atoms with Gasteiger partial charge >= 0.3 is 5.97 Å². The lowest BCUT2D eigenvalue weighted by atomic mass is 10.0. The molecule has 0 bridgehead atoms. The van der Waals surface area contributed by atoms with Crippen molar-refractivity contribution in [2.75, 3.05) is 6.61 Å². The zero-order valence-corrected chi connectivity index (χ0v) is 47.2. The smallest absolute Gasteiger partial charge is 0.305 e. The predicted octanol–water partition coefficient (Wildman–Crippen LogP) is 24.4. The molecule has 0 aliphatic rings. The average Bonchev–Trinajstić information content (AvgIpc) is 3.33. The van der Waals surface area contributed by atoms with Gasteiger partial charge in [-0.25, -0.2) is 0 Å². The Labute approximate surface area is 425 Å². The van der Waals surface area contributed by atoms with Gasteiger partial charge < -0.3 is 4.74 Å². The molecule has 0 spiro atoms. The van der Waals surface area contributed by atoms with Gasteiger partial charge in [-0.15, -0.1) is 0 Å². The molecule has 0 amide bonds. The van der Waals surface area contributed by atoms with Crippen molar-refractivity contribution in [2.45, 2.75) is 406 Å². The summed E-state index contributed by atoms with van der Waals surface area (Å²) < 4.78 is 5.53. The number of esters is 1. The highest BCUT2D eigenvalue weighted by molar-refractivity contribution is 5.69. The van der Waals surface area contributed by atoms with E-state index in [4.69, 9.17) is 4.74 Å². The van der Waals surface area contributed by atoms with Gasteiger partial charge in [-0.2, -0.15) is 0 Å². The molecular weight excluding hydrogens is 813 g/mol. The van der Waals surface area contributed by atoms with Gasteiger partial charge in [0.25, 0.3) is 0 Å². The molecule has 0 unspecified atom stereocenters. The summed E-state index contributed by atoms with van der Waals surface area (Å²) in [5.74, 6) is 0.0376. The molecule has 0 fully saturated rings. The molecule has 0 atom stereocenters. The molecule has 2 heteroatoms. The third kappa shape index (κ3) is 63.5. The van der Waals surface area contributed by atoms with Crippen LogP contribution >= 0.6 is 0 Å². The summed E-state index contributed by atoms with van der Waals surface area (Å²) in [5, 5.41) is 0. The molecular formula is C65H130O2. The summed E-state index contributed by atoms with van der Waals surface area (Å²) in [4.78, 5) is 12.1. The van der Waals surface area contributed by atoms with Crippen LogP contribution < -0.4 is 0 Å². The maximum atomic E-state index is 12.1. The zero-order valence-electron chi connectivity index (χ0n) is 47.2. The summed E-state index contributed by atoms with van der Waals surface area (Å²) in [6.45, 7) is 5.25. The topological polar surface area (TPSA) is 26.3 Å². The van der Waals surface area contributed by atoms with Gasteiger partial charge in [0.05, 0.1) is 6.61 Å². The molecule has 0 aliphatic carbocycles. The van der Waals surface area contributed by atoms with Gasteiger partial charge in [-0.1, -0.05) is 386 Å². The monoisotopic (exact) mass is 943 g/mol. The highest BCUT2D eigenvalue weighted by Crippen LogP contribution is 2.19. The summed E-state index contributed by atoms with van der Waals surface area (Å²) in [7, 11) is 0. The molecule has 0 saturated heterocycles. The first kappa shape index (κ1) is 66.5. The molecule has 0 saturated carbocycles. The van der Waals surface area contributed by atoms with Crippen LogP contribution in [0.1, 0.15) is 406 Å². The van der Waals surface area contributed by atoms with Gasteiger partial charge in [-0.3, -0.25) is 4.79 Å². The number of carbonyl (C=O) groups excluding carboxylic acids is 1. The van der Waals surface area contributed by atoms with Crippen molar-refractivity contribution in [3.8, 4) is 0 Å². The van der Waals surface area contributed by atoms with E-state index in [2.05, 4.69) is 13.8 Å². The van der Waals surface area contributed by atoms with E-state index in [1.807, 2.05) is 0 Å². The normalized spacial score (nSPS) is 11.6. The summed E-state index contributed by atoms with van der Waals surface area (Å²) in [6, 6.07) is 0. The van der Waals surface area contributed by atoms with E-state index in [1.54, 1.807) is 0 Å². The molecule has 0 aromatic carbocycles. The van der Waals surface area contributed by atoms with Gasteiger partial charge in [0.2, 0.25) is 0 Å². The van der Waals surface area contributed by atoms with Crippen LogP contribution in [0.3, 0.4) is 0 Å². The first-order valence-electron chi connectivity index (χ1n) is 32.5. The maximum Gasteiger partial charge on any atom is 0.305 e. The number of hydrogen-bond acceptors (Lipinski definition) is 2. The van der Waals surface area contributed by atoms with Crippen LogP contribution in [-0.4, -0.2) is 12.6 Å². The molecule has 0 aromatic rings. The summed E-state index contributed by atoms with van der Waals surface area (Å²) in [6.07, 6.45) is 86.2. The minimum absolute atomic E-state index is 0.0376. The largest absolute Gasteiger partial charge is 0.466 e. The van der Waals surface area contributed by atoms with Crippen molar-refractivity contribution in [3.63, 3.8) is 0 Å². The quantitative estimate of drug-likeness (QED) is 0.0449. The van der Waals surface area contributed by atoms with Crippen LogP contribution in [0, 0.1) is 0 Å². The Hall–Kier alpha value is -0.530. The lowest BCUT2D eigenvalue weighted by Gasteiger charge is -2.06. The predicted molar refractivity (Wildman–Crippen MR) is 304 cm³/mol. The Morgan fingerprint density at radius 1 is 0.194 bits per heavy atom. The maximum absolute atomic E-state index is 12.1. The first-order valence-corrected chi connectivity index (χ1v) is 32.5. The Morgan fingerprint density at radius 2 is 0.328 bits per heavy atom. The minimum atomic E-state index is 0.0376. The highest BCUT2D eigenvalue weighted by atomic mass is 16.5. The fourth-order valence-electron chi connectivity index (χ4n) is 10.7. The third-order valence-electron chi connectivity index (χ3n) is 15.5. The summed E-state index contributed by atoms with van der Waals surface area (Å²) in [5.41, 5.74) is 0. The molecule has 0 radical (unpaired) electrons. The second-order valence-corrected chi connectivity index (χ2v) is 22.5. The van der Waals surface area contributed by atoms with E-state index in [9.17, 15) is 4.79 Å². The Bertz CT molecular complexity index is 852. The fraction of sp³-hybridized carbons (Fsp3) is 0.985.